The fraction of sp³-hybridized carbons (Fsp3) is 0.923. The van der Waals surface area contributed by atoms with Gasteiger partial charge < -0.3 is 5.32 Å². The quantitative estimate of drug-likeness (QED) is 0.683. The van der Waals surface area contributed by atoms with E-state index in [0.717, 1.165) is 22.7 Å². The fourth-order valence-corrected chi connectivity index (χ4v) is 6.14. The van der Waals surface area contributed by atoms with Crippen molar-refractivity contribution >= 4 is 17.2 Å². The monoisotopic (exact) mass is 221 g/mol. The number of fused-ring (bicyclic) bond motifs is 2. The lowest BCUT2D eigenvalue weighted by Crippen LogP contribution is -2.66. The number of nitrogens with one attached hydrogen (secondary N) is 1. The first kappa shape index (κ1) is 8.98. The van der Waals surface area contributed by atoms with Gasteiger partial charge >= 0.3 is 0 Å². The van der Waals surface area contributed by atoms with Gasteiger partial charge in [0.1, 0.15) is 0 Å². The SMILES string of the molecule is CC(=S)N[C@@]12CC3C[C@@H]4C[C@H](CC31C4)C2. The Bertz CT molecular complexity index is 346. The Morgan fingerprint density at radius 2 is 1.93 bits per heavy atom. The molecule has 5 atom stereocenters. The second-order valence-electron chi connectivity index (χ2n) is 6.64. The second kappa shape index (κ2) is 2.42. The molecule has 4 aliphatic rings. The van der Waals surface area contributed by atoms with E-state index in [1.54, 1.807) is 0 Å². The summed E-state index contributed by atoms with van der Waals surface area (Å²) in [5.74, 6) is 3.15. The zero-order valence-electron chi connectivity index (χ0n) is 9.38. The largest absolute Gasteiger partial charge is 0.374 e. The van der Waals surface area contributed by atoms with Crippen LogP contribution in [-0.2, 0) is 0 Å². The molecule has 4 fully saturated rings. The molecule has 4 rings (SSSR count). The fourth-order valence-electron chi connectivity index (χ4n) is 5.94. The second-order valence-corrected chi connectivity index (χ2v) is 7.25. The van der Waals surface area contributed by atoms with Crippen molar-refractivity contribution in [3.05, 3.63) is 0 Å². The van der Waals surface area contributed by atoms with Crippen LogP contribution < -0.4 is 5.32 Å². The van der Waals surface area contributed by atoms with E-state index >= 15 is 0 Å². The van der Waals surface area contributed by atoms with Crippen molar-refractivity contribution in [2.45, 2.75) is 51.0 Å². The molecular weight excluding hydrogens is 202 g/mol. The molecule has 1 N–H and O–H groups in total. The molecule has 0 aliphatic heterocycles. The van der Waals surface area contributed by atoms with Gasteiger partial charge in [-0.05, 0) is 68.6 Å². The molecular formula is C13H19NS. The number of rotatable bonds is 1. The topological polar surface area (TPSA) is 12.0 Å². The third-order valence-corrected chi connectivity index (χ3v) is 6.07. The minimum atomic E-state index is 0.458. The molecule has 0 aromatic heterocycles. The van der Waals surface area contributed by atoms with Crippen LogP contribution in [0.1, 0.15) is 45.4 Å². The average Bonchev–Trinajstić information content (AvgIpc) is 2.42. The molecule has 15 heavy (non-hydrogen) atoms. The number of thiocarbonyl (C=S) groups is 1. The van der Waals surface area contributed by atoms with Crippen molar-refractivity contribution < 1.29 is 0 Å². The van der Waals surface area contributed by atoms with Crippen LogP contribution in [0.4, 0.5) is 0 Å². The summed E-state index contributed by atoms with van der Waals surface area (Å²) in [5, 5.41) is 3.71. The van der Waals surface area contributed by atoms with E-state index in [9.17, 15) is 0 Å². The van der Waals surface area contributed by atoms with Crippen molar-refractivity contribution in [2.75, 3.05) is 0 Å². The summed E-state index contributed by atoms with van der Waals surface area (Å²) in [6.07, 6.45) is 8.95. The highest BCUT2D eigenvalue weighted by atomic mass is 32.1. The summed E-state index contributed by atoms with van der Waals surface area (Å²) in [7, 11) is 0. The minimum absolute atomic E-state index is 0.458. The van der Waals surface area contributed by atoms with Crippen LogP contribution >= 0.6 is 12.2 Å². The van der Waals surface area contributed by atoms with Gasteiger partial charge in [-0.25, -0.2) is 0 Å². The molecule has 1 spiro atoms. The van der Waals surface area contributed by atoms with Crippen LogP contribution in [0.3, 0.4) is 0 Å². The van der Waals surface area contributed by atoms with Gasteiger partial charge in [0.25, 0.3) is 0 Å². The lowest BCUT2D eigenvalue weighted by Gasteiger charge is -2.59. The van der Waals surface area contributed by atoms with Crippen molar-refractivity contribution in [3.63, 3.8) is 0 Å². The van der Waals surface area contributed by atoms with E-state index in [0.29, 0.717) is 11.0 Å². The molecule has 1 nitrogen and oxygen atoms in total. The highest BCUT2D eigenvalue weighted by Crippen LogP contribution is 2.77. The Kier molecular flexibility index (Phi) is 1.45. The summed E-state index contributed by atoms with van der Waals surface area (Å²) in [6, 6.07) is 0. The standard InChI is InChI=1S/C13H19NS/c1-8(15)14-13-6-10-2-9-3-11(7-13)12(13,4-9)5-10/h9-11H,2-7H2,1H3,(H,14,15)/t9-,10+,11?,12?,13-/m0/s1. The Labute approximate surface area is 97.0 Å². The van der Waals surface area contributed by atoms with Gasteiger partial charge in [0.2, 0.25) is 0 Å². The molecule has 2 heteroatoms. The van der Waals surface area contributed by atoms with Crippen molar-refractivity contribution in [3.8, 4) is 0 Å². The Morgan fingerprint density at radius 3 is 2.73 bits per heavy atom. The van der Waals surface area contributed by atoms with Crippen LogP contribution in [0, 0.1) is 23.2 Å². The van der Waals surface area contributed by atoms with E-state index in [1.807, 2.05) is 0 Å². The van der Waals surface area contributed by atoms with Crippen molar-refractivity contribution in [2.24, 2.45) is 23.2 Å². The predicted octanol–water partition coefficient (Wildman–Crippen LogP) is 2.89. The van der Waals surface area contributed by atoms with Crippen LogP contribution in [0.2, 0.25) is 0 Å². The zero-order valence-corrected chi connectivity index (χ0v) is 10.2. The molecule has 0 aromatic rings. The van der Waals surface area contributed by atoms with Crippen LogP contribution in [0.15, 0.2) is 0 Å². The highest BCUT2D eigenvalue weighted by molar-refractivity contribution is 7.80. The lowest BCUT2D eigenvalue weighted by molar-refractivity contribution is -0.0411. The van der Waals surface area contributed by atoms with E-state index in [4.69, 9.17) is 12.2 Å². The van der Waals surface area contributed by atoms with Gasteiger partial charge in [-0.3, -0.25) is 0 Å². The maximum atomic E-state index is 5.29. The van der Waals surface area contributed by atoms with Gasteiger partial charge in [0.05, 0.1) is 4.99 Å². The lowest BCUT2D eigenvalue weighted by atomic mass is 9.51. The molecule has 3 bridgehead atoms. The first-order chi connectivity index (χ1) is 7.14. The van der Waals surface area contributed by atoms with E-state index in [2.05, 4.69) is 12.2 Å². The molecule has 0 radical (unpaired) electrons. The predicted molar refractivity (Wildman–Crippen MR) is 64.7 cm³/mol. The zero-order chi connectivity index (χ0) is 10.3. The van der Waals surface area contributed by atoms with Crippen LogP contribution in [0.5, 0.6) is 0 Å². The van der Waals surface area contributed by atoms with Crippen molar-refractivity contribution in [1.82, 2.24) is 5.32 Å². The number of hydrogen-bond donors (Lipinski definition) is 1. The molecule has 4 aliphatic carbocycles. The van der Waals surface area contributed by atoms with Gasteiger partial charge in [-0.2, -0.15) is 0 Å². The summed E-state index contributed by atoms with van der Waals surface area (Å²) in [4.78, 5) is 1.03. The Hall–Kier alpha value is -0.110. The third-order valence-electron chi connectivity index (χ3n) is 5.97. The third kappa shape index (κ3) is 0.856. The maximum absolute atomic E-state index is 5.29. The molecule has 0 amide bonds. The molecule has 0 aromatic carbocycles. The van der Waals surface area contributed by atoms with Gasteiger partial charge in [0.15, 0.2) is 0 Å². The van der Waals surface area contributed by atoms with Gasteiger partial charge in [0, 0.05) is 5.54 Å². The van der Waals surface area contributed by atoms with Crippen molar-refractivity contribution in [1.29, 1.82) is 0 Å². The Morgan fingerprint density at radius 1 is 1.13 bits per heavy atom. The van der Waals surface area contributed by atoms with Crippen LogP contribution in [0.25, 0.3) is 0 Å². The first-order valence-electron chi connectivity index (χ1n) is 6.42. The van der Waals surface area contributed by atoms with E-state index in [-0.39, 0.29) is 0 Å². The number of hydrogen-bond acceptors (Lipinski definition) is 1. The van der Waals surface area contributed by atoms with E-state index in [1.165, 1.54) is 38.5 Å². The first-order valence-corrected chi connectivity index (χ1v) is 6.83. The molecule has 2 unspecified atom stereocenters. The van der Waals surface area contributed by atoms with E-state index < -0.39 is 0 Å². The molecule has 82 valence electrons. The van der Waals surface area contributed by atoms with Crippen LogP contribution in [-0.4, -0.2) is 10.5 Å². The average molecular weight is 221 g/mol. The summed E-state index contributed by atoms with van der Waals surface area (Å²) < 4.78 is 0. The summed E-state index contributed by atoms with van der Waals surface area (Å²) in [6.45, 7) is 2.06. The summed E-state index contributed by atoms with van der Waals surface area (Å²) >= 11 is 5.29. The molecule has 0 heterocycles. The normalized spacial score (nSPS) is 58.9. The highest BCUT2D eigenvalue weighted by Gasteiger charge is 2.74. The Balaban J connectivity index is 1.76. The maximum Gasteiger partial charge on any atom is 0.0726 e. The molecule has 4 saturated carbocycles. The minimum Gasteiger partial charge on any atom is -0.374 e. The summed E-state index contributed by atoms with van der Waals surface area (Å²) in [5.41, 5.74) is 1.15. The van der Waals surface area contributed by atoms with Gasteiger partial charge in [-0.1, -0.05) is 12.2 Å². The molecule has 0 saturated heterocycles. The smallest absolute Gasteiger partial charge is 0.0726 e. The van der Waals surface area contributed by atoms with Gasteiger partial charge in [-0.15, -0.1) is 0 Å².